The molecule has 3 atom stereocenters. The summed E-state index contributed by atoms with van der Waals surface area (Å²) in [5, 5.41) is 16.2. The van der Waals surface area contributed by atoms with Crippen molar-refractivity contribution < 1.29 is 29.0 Å². The number of aromatic nitrogens is 1. The standard InChI is InChI=1S/C30H45N5O6S/c1-20-26(42-19-33-20)22-9-7-21(8-10-22)17-32-28(38)24-16-23(36)18-35(24)29(39)27(30(2,3)4)34-25(37)6-5-12-40-14-15-41-13-11-31/h7-10,19,23-24,27,36H,5-6,11-18,31H2,1-4H3,(H,32,38)(H,34,37)/t23-,24+,27-/m1/s1. The molecular formula is C30H45N5O6S. The van der Waals surface area contributed by atoms with E-state index in [-0.39, 0.29) is 43.7 Å². The second kappa shape index (κ2) is 16.1. The number of nitrogens with zero attached hydrogens (tertiary/aromatic N) is 2. The molecule has 2 aromatic rings. The average Bonchev–Trinajstić information content (AvgIpc) is 3.56. The number of carbonyl (C=O) groups is 3. The number of nitrogens with two attached hydrogens (primary N) is 1. The highest BCUT2D eigenvalue weighted by Crippen LogP contribution is 2.28. The SMILES string of the molecule is Cc1ncsc1-c1ccc(CNC(=O)[C@@H]2C[C@@H](O)CN2C(=O)[C@@H](NC(=O)CCCOCCOCCN)C(C)(C)C)cc1. The summed E-state index contributed by atoms with van der Waals surface area (Å²) in [7, 11) is 0. The molecule has 1 saturated heterocycles. The zero-order valence-electron chi connectivity index (χ0n) is 25.1. The van der Waals surface area contributed by atoms with E-state index in [0.717, 1.165) is 21.7 Å². The number of nitrogens with one attached hydrogen (secondary N) is 2. The summed E-state index contributed by atoms with van der Waals surface area (Å²) in [6, 6.07) is 6.21. The van der Waals surface area contributed by atoms with Gasteiger partial charge in [-0.15, -0.1) is 11.3 Å². The van der Waals surface area contributed by atoms with Crippen LogP contribution in [-0.4, -0.2) is 90.4 Å². The molecule has 42 heavy (non-hydrogen) atoms. The number of ether oxygens (including phenoxy) is 2. The van der Waals surface area contributed by atoms with Gasteiger partial charge in [0.1, 0.15) is 12.1 Å². The van der Waals surface area contributed by atoms with E-state index in [2.05, 4.69) is 15.6 Å². The summed E-state index contributed by atoms with van der Waals surface area (Å²) < 4.78 is 10.7. The first-order valence-corrected chi connectivity index (χ1v) is 15.3. The first kappa shape index (κ1) is 33.6. The lowest BCUT2D eigenvalue weighted by atomic mass is 9.85. The van der Waals surface area contributed by atoms with Crippen LogP contribution in [0.5, 0.6) is 0 Å². The molecule has 2 heterocycles. The van der Waals surface area contributed by atoms with Crippen molar-refractivity contribution in [1.29, 1.82) is 0 Å². The molecule has 0 spiro atoms. The Bertz CT molecular complexity index is 1170. The van der Waals surface area contributed by atoms with Crippen LogP contribution in [0.1, 0.15) is 51.3 Å². The van der Waals surface area contributed by atoms with Gasteiger partial charge in [0.15, 0.2) is 0 Å². The van der Waals surface area contributed by atoms with E-state index in [1.807, 2.05) is 57.5 Å². The number of aliphatic hydroxyl groups is 1. The molecule has 12 heteroatoms. The fourth-order valence-electron chi connectivity index (χ4n) is 4.75. The first-order chi connectivity index (χ1) is 20.0. The Morgan fingerprint density at radius 3 is 2.45 bits per heavy atom. The van der Waals surface area contributed by atoms with Crippen LogP contribution in [0, 0.1) is 12.3 Å². The Morgan fingerprint density at radius 1 is 1.14 bits per heavy atom. The summed E-state index contributed by atoms with van der Waals surface area (Å²) in [5.41, 5.74) is 9.53. The van der Waals surface area contributed by atoms with E-state index in [4.69, 9.17) is 15.2 Å². The molecule has 1 aromatic heterocycles. The van der Waals surface area contributed by atoms with E-state index >= 15 is 0 Å². The zero-order valence-corrected chi connectivity index (χ0v) is 25.9. The molecule has 0 saturated carbocycles. The molecule has 5 N–H and O–H groups in total. The highest BCUT2D eigenvalue weighted by Gasteiger charge is 2.44. The number of likely N-dealkylation sites (tertiary alicyclic amines) is 1. The third kappa shape index (κ3) is 9.84. The van der Waals surface area contributed by atoms with Gasteiger partial charge in [-0.05, 0) is 29.9 Å². The molecule has 1 fully saturated rings. The molecule has 0 unspecified atom stereocenters. The number of rotatable bonds is 15. The summed E-state index contributed by atoms with van der Waals surface area (Å²) in [6.45, 7) is 10.1. The van der Waals surface area contributed by atoms with Gasteiger partial charge >= 0.3 is 0 Å². The summed E-state index contributed by atoms with van der Waals surface area (Å²) in [4.78, 5) is 46.5. The topological polar surface area (TPSA) is 156 Å². The Balaban J connectivity index is 1.54. The lowest BCUT2D eigenvalue weighted by molar-refractivity contribution is -0.144. The van der Waals surface area contributed by atoms with Crippen LogP contribution >= 0.6 is 11.3 Å². The smallest absolute Gasteiger partial charge is 0.246 e. The van der Waals surface area contributed by atoms with Gasteiger partial charge in [-0.2, -0.15) is 0 Å². The van der Waals surface area contributed by atoms with Gasteiger partial charge in [0.2, 0.25) is 17.7 Å². The molecule has 1 aliphatic rings. The number of aliphatic hydroxyl groups excluding tert-OH is 1. The van der Waals surface area contributed by atoms with Crippen molar-refractivity contribution in [2.24, 2.45) is 11.1 Å². The minimum absolute atomic E-state index is 0.0301. The van der Waals surface area contributed by atoms with Crippen molar-refractivity contribution in [3.8, 4) is 10.4 Å². The third-order valence-corrected chi connectivity index (χ3v) is 8.02. The van der Waals surface area contributed by atoms with Crippen molar-refractivity contribution in [3.05, 3.63) is 41.0 Å². The van der Waals surface area contributed by atoms with Gasteiger partial charge in [0.05, 0.1) is 42.0 Å². The lowest BCUT2D eigenvalue weighted by Gasteiger charge is -2.35. The van der Waals surface area contributed by atoms with Crippen LogP contribution in [0.4, 0.5) is 0 Å². The Hall–Kier alpha value is -2.90. The molecule has 0 radical (unpaired) electrons. The van der Waals surface area contributed by atoms with Crippen molar-refractivity contribution in [1.82, 2.24) is 20.5 Å². The predicted octanol–water partition coefficient (Wildman–Crippen LogP) is 2.00. The van der Waals surface area contributed by atoms with Gasteiger partial charge in [0.25, 0.3) is 0 Å². The maximum absolute atomic E-state index is 13.7. The maximum Gasteiger partial charge on any atom is 0.246 e. The predicted molar refractivity (Wildman–Crippen MR) is 162 cm³/mol. The number of hydrogen-bond acceptors (Lipinski definition) is 9. The van der Waals surface area contributed by atoms with Gasteiger partial charge in [-0.1, -0.05) is 45.0 Å². The number of amides is 3. The molecule has 232 valence electrons. The minimum atomic E-state index is -0.862. The molecule has 11 nitrogen and oxygen atoms in total. The van der Waals surface area contributed by atoms with Crippen molar-refractivity contribution in [2.75, 3.05) is 39.5 Å². The molecule has 3 rings (SSSR count). The van der Waals surface area contributed by atoms with Crippen LogP contribution in [0.2, 0.25) is 0 Å². The highest BCUT2D eigenvalue weighted by atomic mass is 32.1. The zero-order chi connectivity index (χ0) is 30.7. The van der Waals surface area contributed by atoms with Crippen molar-refractivity contribution >= 4 is 29.1 Å². The molecule has 1 aromatic carbocycles. The summed E-state index contributed by atoms with van der Waals surface area (Å²) >= 11 is 1.58. The molecule has 1 aliphatic heterocycles. The molecule has 3 amide bonds. The van der Waals surface area contributed by atoms with E-state index in [1.165, 1.54) is 4.90 Å². The fraction of sp³-hybridized carbons (Fsp3) is 0.600. The molecule has 0 aliphatic carbocycles. The Kier molecular flexibility index (Phi) is 12.9. The van der Waals surface area contributed by atoms with Crippen LogP contribution in [-0.2, 0) is 30.4 Å². The van der Waals surface area contributed by atoms with E-state index in [9.17, 15) is 19.5 Å². The van der Waals surface area contributed by atoms with Crippen LogP contribution < -0.4 is 16.4 Å². The minimum Gasteiger partial charge on any atom is -0.391 e. The van der Waals surface area contributed by atoms with Gasteiger partial charge in [-0.3, -0.25) is 14.4 Å². The second-order valence-electron chi connectivity index (χ2n) is 11.6. The number of hydrogen-bond donors (Lipinski definition) is 4. The van der Waals surface area contributed by atoms with Crippen LogP contribution in [0.3, 0.4) is 0 Å². The third-order valence-electron chi connectivity index (χ3n) is 7.04. The Labute approximate surface area is 252 Å². The van der Waals surface area contributed by atoms with Crippen molar-refractivity contribution in [3.63, 3.8) is 0 Å². The Morgan fingerprint density at radius 2 is 1.83 bits per heavy atom. The summed E-state index contributed by atoms with van der Waals surface area (Å²) in [6.07, 6.45) is -0.00388. The normalized spacial score (nSPS) is 17.7. The largest absolute Gasteiger partial charge is 0.391 e. The van der Waals surface area contributed by atoms with Crippen molar-refractivity contribution in [2.45, 2.75) is 71.7 Å². The van der Waals surface area contributed by atoms with E-state index < -0.39 is 23.6 Å². The molecule has 0 bridgehead atoms. The second-order valence-corrected chi connectivity index (χ2v) is 12.4. The number of benzene rings is 1. The quantitative estimate of drug-likeness (QED) is 0.225. The number of aryl methyl sites for hydroxylation is 1. The van der Waals surface area contributed by atoms with E-state index in [0.29, 0.717) is 39.4 Å². The number of β-amino-alcohol motifs (C(OH)–C–C–N with tert-alkyl or cyclic N) is 1. The summed E-state index contributed by atoms with van der Waals surface area (Å²) in [5.74, 6) is -0.997. The van der Waals surface area contributed by atoms with Gasteiger partial charge in [-0.25, -0.2) is 4.98 Å². The van der Waals surface area contributed by atoms with E-state index in [1.54, 1.807) is 11.3 Å². The average molecular weight is 604 g/mol. The maximum atomic E-state index is 13.7. The van der Waals surface area contributed by atoms with Crippen LogP contribution in [0.15, 0.2) is 29.8 Å². The number of carbonyl (C=O) groups excluding carboxylic acids is 3. The molecular weight excluding hydrogens is 558 g/mol. The van der Waals surface area contributed by atoms with Gasteiger partial charge < -0.3 is 35.8 Å². The number of thiazole rings is 1. The van der Waals surface area contributed by atoms with Crippen LogP contribution in [0.25, 0.3) is 10.4 Å². The fourth-order valence-corrected chi connectivity index (χ4v) is 5.57. The lowest BCUT2D eigenvalue weighted by Crippen LogP contribution is -2.57. The monoisotopic (exact) mass is 603 g/mol. The van der Waals surface area contributed by atoms with Gasteiger partial charge in [0, 0.05) is 39.1 Å². The highest BCUT2D eigenvalue weighted by molar-refractivity contribution is 7.13. The first-order valence-electron chi connectivity index (χ1n) is 14.4.